The Morgan fingerprint density at radius 1 is 1.38 bits per heavy atom. The van der Waals surface area contributed by atoms with Gasteiger partial charge in [-0.25, -0.2) is 0 Å². The zero-order valence-electron chi connectivity index (χ0n) is 6.38. The van der Waals surface area contributed by atoms with Gasteiger partial charge in [0.2, 0.25) is 0 Å². The molecule has 0 saturated carbocycles. The van der Waals surface area contributed by atoms with E-state index in [4.69, 9.17) is 4.42 Å². The Morgan fingerprint density at radius 2 is 2.15 bits per heavy atom. The Bertz CT molecular complexity index is 476. The van der Waals surface area contributed by atoms with Crippen molar-refractivity contribution in [2.45, 2.75) is 0 Å². The van der Waals surface area contributed by atoms with Gasteiger partial charge in [0, 0.05) is 17.0 Å². The van der Waals surface area contributed by atoms with Gasteiger partial charge in [-0.05, 0) is 28.1 Å². The number of rotatable bonds is 1. The molecular formula is C9H4BrFO2. The van der Waals surface area contributed by atoms with Crippen LogP contribution in [0, 0.1) is 6.01 Å². The van der Waals surface area contributed by atoms with Crippen molar-refractivity contribution in [1.82, 2.24) is 0 Å². The van der Waals surface area contributed by atoms with Crippen molar-refractivity contribution >= 4 is 33.2 Å². The van der Waals surface area contributed by atoms with Crippen molar-refractivity contribution < 1.29 is 13.6 Å². The summed E-state index contributed by atoms with van der Waals surface area (Å²) in [5.74, 6) is 0. The average Bonchev–Trinajstić information content (AvgIpc) is 2.46. The number of aldehydes is 1. The second-order valence-corrected chi connectivity index (χ2v) is 3.44. The maximum atomic E-state index is 12.7. The van der Waals surface area contributed by atoms with E-state index in [1.165, 1.54) is 6.07 Å². The fraction of sp³-hybridized carbons (Fsp3) is 0. The van der Waals surface area contributed by atoms with Gasteiger partial charge in [-0.15, -0.1) is 0 Å². The van der Waals surface area contributed by atoms with Gasteiger partial charge in [0.05, 0.1) is 4.47 Å². The molecule has 0 aliphatic rings. The predicted molar refractivity (Wildman–Crippen MR) is 49.3 cm³/mol. The van der Waals surface area contributed by atoms with Crippen LogP contribution in [0.2, 0.25) is 0 Å². The molecule has 1 heterocycles. The molecule has 4 heteroatoms. The smallest absolute Gasteiger partial charge is 0.278 e. The molecule has 0 aliphatic heterocycles. The third-order valence-electron chi connectivity index (χ3n) is 1.70. The van der Waals surface area contributed by atoms with Gasteiger partial charge in [0.25, 0.3) is 6.01 Å². The Morgan fingerprint density at radius 3 is 2.85 bits per heavy atom. The second-order valence-electron chi connectivity index (χ2n) is 2.59. The third kappa shape index (κ3) is 1.37. The van der Waals surface area contributed by atoms with Crippen LogP contribution in [0.3, 0.4) is 0 Å². The Kier molecular flexibility index (Phi) is 1.92. The molecule has 0 aliphatic carbocycles. The van der Waals surface area contributed by atoms with E-state index in [1.54, 1.807) is 12.1 Å². The lowest BCUT2D eigenvalue weighted by atomic mass is 10.2. The molecule has 0 atom stereocenters. The highest BCUT2D eigenvalue weighted by Gasteiger charge is 2.07. The fourth-order valence-corrected chi connectivity index (χ4v) is 1.74. The maximum Gasteiger partial charge on any atom is 0.278 e. The first-order chi connectivity index (χ1) is 6.20. The quantitative estimate of drug-likeness (QED) is 0.720. The Labute approximate surface area is 81.5 Å². The van der Waals surface area contributed by atoms with Crippen LogP contribution in [0.4, 0.5) is 4.39 Å². The van der Waals surface area contributed by atoms with Crippen LogP contribution in [0.5, 0.6) is 0 Å². The van der Waals surface area contributed by atoms with E-state index in [2.05, 4.69) is 15.9 Å². The van der Waals surface area contributed by atoms with E-state index >= 15 is 0 Å². The lowest BCUT2D eigenvalue weighted by Gasteiger charge is -1.93. The van der Waals surface area contributed by atoms with Gasteiger partial charge in [-0.1, -0.05) is 0 Å². The minimum atomic E-state index is -0.654. The van der Waals surface area contributed by atoms with E-state index in [0.29, 0.717) is 27.3 Å². The molecule has 2 nitrogen and oxygen atoms in total. The molecule has 2 rings (SSSR count). The fourth-order valence-electron chi connectivity index (χ4n) is 1.17. The van der Waals surface area contributed by atoms with E-state index in [0.717, 1.165) is 0 Å². The maximum absolute atomic E-state index is 12.7. The van der Waals surface area contributed by atoms with Crippen LogP contribution < -0.4 is 0 Å². The first-order valence-electron chi connectivity index (χ1n) is 3.54. The Hall–Kier alpha value is -1.16. The summed E-state index contributed by atoms with van der Waals surface area (Å²) in [7, 11) is 0. The summed E-state index contributed by atoms with van der Waals surface area (Å²) in [5.41, 5.74) is 0.906. The van der Waals surface area contributed by atoms with Crippen molar-refractivity contribution in [2.24, 2.45) is 0 Å². The van der Waals surface area contributed by atoms with Gasteiger partial charge in [-0.2, -0.15) is 4.39 Å². The summed E-state index contributed by atoms with van der Waals surface area (Å²) >= 11 is 3.18. The number of furan rings is 1. The normalized spacial score (nSPS) is 10.6. The molecule has 0 amide bonds. The van der Waals surface area contributed by atoms with Crippen LogP contribution in [0.1, 0.15) is 10.4 Å². The molecule has 0 bridgehead atoms. The van der Waals surface area contributed by atoms with Crippen LogP contribution in [0.25, 0.3) is 11.0 Å². The molecular weight excluding hydrogens is 239 g/mol. The van der Waals surface area contributed by atoms with Crippen molar-refractivity contribution in [3.05, 3.63) is 34.2 Å². The molecule has 66 valence electrons. The Balaban J connectivity index is 2.82. The highest BCUT2D eigenvalue weighted by atomic mass is 79.9. The predicted octanol–water partition coefficient (Wildman–Crippen LogP) is 3.15. The van der Waals surface area contributed by atoms with Crippen molar-refractivity contribution in [3.8, 4) is 0 Å². The monoisotopic (exact) mass is 242 g/mol. The van der Waals surface area contributed by atoms with Gasteiger partial charge in [-0.3, -0.25) is 4.79 Å². The second kappa shape index (κ2) is 2.96. The van der Waals surface area contributed by atoms with E-state index in [-0.39, 0.29) is 0 Å². The van der Waals surface area contributed by atoms with Crippen molar-refractivity contribution in [1.29, 1.82) is 0 Å². The highest BCUT2D eigenvalue weighted by molar-refractivity contribution is 9.10. The van der Waals surface area contributed by atoms with Crippen molar-refractivity contribution in [3.63, 3.8) is 0 Å². The lowest BCUT2D eigenvalue weighted by Crippen LogP contribution is -1.78. The van der Waals surface area contributed by atoms with Crippen LogP contribution in [-0.4, -0.2) is 6.29 Å². The number of hydrogen-bond acceptors (Lipinski definition) is 2. The standard InChI is InChI=1S/C9H4BrFO2/c10-7-2-5(4-12)1-6-3-8(11)13-9(6)7/h1-4H. The summed E-state index contributed by atoms with van der Waals surface area (Å²) in [6, 6.07) is 3.74. The molecule has 13 heavy (non-hydrogen) atoms. The summed E-state index contributed by atoms with van der Waals surface area (Å²) in [6.45, 7) is 0. The first kappa shape index (κ1) is 8.44. The minimum absolute atomic E-state index is 0.420. The molecule has 2 aromatic rings. The van der Waals surface area contributed by atoms with Gasteiger partial charge >= 0.3 is 0 Å². The highest BCUT2D eigenvalue weighted by Crippen LogP contribution is 2.27. The summed E-state index contributed by atoms with van der Waals surface area (Å²) in [6.07, 6.45) is 0.703. The van der Waals surface area contributed by atoms with E-state index in [1.807, 2.05) is 0 Å². The SMILES string of the molecule is O=Cc1cc(Br)c2oc(F)cc2c1. The topological polar surface area (TPSA) is 30.2 Å². The van der Waals surface area contributed by atoms with Crippen LogP contribution >= 0.6 is 15.9 Å². The number of halogens is 2. The number of fused-ring (bicyclic) bond motifs is 1. The van der Waals surface area contributed by atoms with Gasteiger partial charge < -0.3 is 4.42 Å². The van der Waals surface area contributed by atoms with Crippen molar-refractivity contribution in [2.75, 3.05) is 0 Å². The average molecular weight is 243 g/mol. The number of benzene rings is 1. The molecule has 0 spiro atoms. The van der Waals surface area contributed by atoms with E-state index in [9.17, 15) is 9.18 Å². The molecule has 0 fully saturated rings. The zero-order chi connectivity index (χ0) is 9.42. The first-order valence-corrected chi connectivity index (χ1v) is 4.34. The molecule has 1 aromatic carbocycles. The van der Waals surface area contributed by atoms with Crippen LogP contribution in [-0.2, 0) is 0 Å². The summed E-state index contributed by atoms with van der Waals surface area (Å²) < 4.78 is 18.0. The third-order valence-corrected chi connectivity index (χ3v) is 2.29. The molecule has 0 saturated heterocycles. The molecule has 0 unspecified atom stereocenters. The van der Waals surface area contributed by atoms with Gasteiger partial charge in [0.15, 0.2) is 5.58 Å². The van der Waals surface area contributed by atoms with Gasteiger partial charge in [0.1, 0.15) is 6.29 Å². The number of carbonyl (C=O) groups is 1. The molecule has 1 aromatic heterocycles. The van der Waals surface area contributed by atoms with E-state index < -0.39 is 6.01 Å². The number of hydrogen-bond donors (Lipinski definition) is 0. The lowest BCUT2D eigenvalue weighted by molar-refractivity contribution is 0.112. The summed E-state index contributed by atoms with van der Waals surface area (Å²) in [5, 5.41) is 0.578. The molecule has 0 radical (unpaired) electrons. The largest absolute Gasteiger partial charge is 0.430 e. The minimum Gasteiger partial charge on any atom is -0.430 e. The number of carbonyl (C=O) groups excluding carboxylic acids is 1. The molecule has 0 N–H and O–H groups in total. The summed E-state index contributed by atoms with van der Waals surface area (Å²) in [4.78, 5) is 10.5. The zero-order valence-corrected chi connectivity index (χ0v) is 7.97. The van der Waals surface area contributed by atoms with Crippen LogP contribution in [0.15, 0.2) is 27.1 Å².